The number of aromatic nitrogens is 3. The number of piperazine rings is 1. The van der Waals surface area contributed by atoms with Gasteiger partial charge >= 0.3 is 0 Å². The zero-order chi connectivity index (χ0) is 17.5. The van der Waals surface area contributed by atoms with Crippen LogP contribution in [-0.4, -0.2) is 52.2 Å². The highest BCUT2D eigenvalue weighted by Gasteiger charge is 2.26. The highest BCUT2D eigenvalue weighted by atomic mass is 32.1. The number of fused-ring (bicyclic) bond motifs is 3. The van der Waals surface area contributed by atoms with Crippen molar-refractivity contribution < 1.29 is 0 Å². The van der Waals surface area contributed by atoms with Crippen LogP contribution < -0.4 is 5.32 Å². The number of nitrogens with one attached hydrogen (secondary N) is 1. The van der Waals surface area contributed by atoms with E-state index in [0.717, 1.165) is 56.0 Å². The maximum atomic E-state index is 5.16. The van der Waals surface area contributed by atoms with Gasteiger partial charge in [-0.2, -0.15) is 0 Å². The first kappa shape index (κ1) is 16.7. The number of imidazole rings is 1. The van der Waals surface area contributed by atoms with Gasteiger partial charge in [-0.05, 0) is 31.2 Å². The first-order valence-corrected chi connectivity index (χ1v) is 10.9. The number of rotatable bonds is 4. The summed E-state index contributed by atoms with van der Waals surface area (Å²) in [5, 5.41) is 5.62. The number of nitrogens with zero attached hydrogens (tertiary/aromatic N) is 4. The zero-order valence-electron chi connectivity index (χ0n) is 15.5. The molecule has 0 aromatic carbocycles. The number of hydrogen-bond donors (Lipinski definition) is 1. The van der Waals surface area contributed by atoms with Crippen molar-refractivity contribution in [2.45, 2.75) is 45.1 Å². The molecule has 2 aliphatic rings. The van der Waals surface area contributed by atoms with E-state index in [0.29, 0.717) is 5.92 Å². The van der Waals surface area contributed by atoms with Crippen LogP contribution in [0.5, 0.6) is 0 Å². The van der Waals surface area contributed by atoms with Crippen molar-refractivity contribution in [1.29, 1.82) is 0 Å². The van der Waals surface area contributed by atoms with Gasteiger partial charge in [-0.15, -0.1) is 11.3 Å². The molecule has 5 nitrogen and oxygen atoms in total. The largest absolute Gasteiger partial charge is 0.325 e. The summed E-state index contributed by atoms with van der Waals surface area (Å²) in [7, 11) is 0. The number of pyridine rings is 1. The quantitative estimate of drug-likeness (QED) is 0.764. The van der Waals surface area contributed by atoms with E-state index in [-0.39, 0.29) is 0 Å². The SMILES string of the molecule is Cc1nc2ccsc2c2c1nc(C1CCCC1)n2CCN1CCNCC1. The van der Waals surface area contributed by atoms with Crippen molar-refractivity contribution >= 4 is 32.6 Å². The smallest absolute Gasteiger partial charge is 0.113 e. The molecule has 0 bridgehead atoms. The number of hydrogen-bond acceptors (Lipinski definition) is 5. The van der Waals surface area contributed by atoms with Gasteiger partial charge in [0, 0.05) is 45.2 Å². The third kappa shape index (κ3) is 2.84. The fourth-order valence-electron chi connectivity index (χ4n) is 4.65. The second kappa shape index (κ2) is 6.91. The van der Waals surface area contributed by atoms with Crippen molar-refractivity contribution in [3.63, 3.8) is 0 Å². The van der Waals surface area contributed by atoms with E-state index in [1.165, 1.54) is 41.7 Å². The van der Waals surface area contributed by atoms with Gasteiger partial charge in [0.15, 0.2) is 0 Å². The molecule has 4 heterocycles. The third-order valence-electron chi connectivity index (χ3n) is 6.06. The molecule has 0 atom stereocenters. The van der Waals surface area contributed by atoms with Gasteiger partial charge in [0.05, 0.1) is 21.4 Å². The molecule has 1 N–H and O–H groups in total. The molecule has 1 saturated heterocycles. The first-order chi connectivity index (χ1) is 12.8. The minimum Gasteiger partial charge on any atom is -0.325 e. The topological polar surface area (TPSA) is 46.0 Å². The van der Waals surface area contributed by atoms with Crippen molar-refractivity contribution in [1.82, 2.24) is 24.8 Å². The molecule has 5 rings (SSSR count). The van der Waals surface area contributed by atoms with Crippen LogP contribution in [0.2, 0.25) is 0 Å². The Labute approximate surface area is 158 Å². The van der Waals surface area contributed by atoms with E-state index in [2.05, 4.69) is 33.2 Å². The van der Waals surface area contributed by atoms with Gasteiger partial charge in [0.1, 0.15) is 11.3 Å². The van der Waals surface area contributed by atoms with Crippen molar-refractivity contribution in [2.75, 3.05) is 32.7 Å². The minimum absolute atomic E-state index is 0.625. The average molecular weight is 370 g/mol. The summed E-state index contributed by atoms with van der Waals surface area (Å²) < 4.78 is 3.86. The number of thiophene rings is 1. The van der Waals surface area contributed by atoms with Gasteiger partial charge < -0.3 is 9.88 Å². The molecule has 0 unspecified atom stereocenters. The molecule has 1 aliphatic carbocycles. The van der Waals surface area contributed by atoms with Gasteiger partial charge in [-0.1, -0.05) is 12.8 Å². The molecular weight excluding hydrogens is 342 g/mol. The lowest BCUT2D eigenvalue weighted by Gasteiger charge is -2.27. The van der Waals surface area contributed by atoms with Crippen molar-refractivity contribution in [2.24, 2.45) is 0 Å². The molecule has 0 spiro atoms. The lowest BCUT2D eigenvalue weighted by atomic mass is 10.1. The summed E-state index contributed by atoms with van der Waals surface area (Å²) in [6.45, 7) is 8.79. The summed E-state index contributed by atoms with van der Waals surface area (Å²) in [6, 6.07) is 2.15. The molecule has 26 heavy (non-hydrogen) atoms. The molecule has 138 valence electrons. The van der Waals surface area contributed by atoms with Gasteiger partial charge in [-0.25, -0.2) is 9.97 Å². The maximum absolute atomic E-state index is 5.16. The molecule has 3 aromatic heterocycles. The molecule has 0 amide bonds. The monoisotopic (exact) mass is 369 g/mol. The summed E-state index contributed by atoms with van der Waals surface area (Å²) in [6.07, 6.45) is 5.27. The van der Waals surface area contributed by atoms with Crippen molar-refractivity contribution in [3.05, 3.63) is 23.0 Å². The summed E-state index contributed by atoms with van der Waals surface area (Å²) in [5.74, 6) is 1.94. The van der Waals surface area contributed by atoms with Crippen LogP contribution >= 0.6 is 11.3 Å². The molecular formula is C20H27N5S. The highest BCUT2D eigenvalue weighted by molar-refractivity contribution is 7.18. The normalized spacial score (nSPS) is 19.9. The van der Waals surface area contributed by atoms with Crippen LogP contribution in [0, 0.1) is 6.92 Å². The van der Waals surface area contributed by atoms with Gasteiger partial charge in [-0.3, -0.25) is 4.90 Å². The van der Waals surface area contributed by atoms with Crippen LogP contribution in [0.4, 0.5) is 0 Å². The molecule has 3 aromatic rings. The molecule has 1 aliphatic heterocycles. The second-order valence-corrected chi connectivity index (χ2v) is 8.64. The lowest BCUT2D eigenvalue weighted by Crippen LogP contribution is -2.44. The fourth-order valence-corrected chi connectivity index (χ4v) is 5.54. The summed E-state index contributed by atoms with van der Waals surface area (Å²) in [5.41, 5.74) is 4.66. The highest BCUT2D eigenvalue weighted by Crippen LogP contribution is 2.38. The Kier molecular flexibility index (Phi) is 4.43. The van der Waals surface area contributed by atoms with Gasteiger partial charge in [0.25, 0.3) is 0 Å². The zero-order valence-corrected chi connectivity index (χ0v) is 16.3. The molecule has 2 fully saturated rings. The minimum atomic E-state index is 0.625. The Morgan fingerprint density at radius 1 is 1.15 bits per heavy atom. The Bertz CT molecular complexity index is 915. The van der Waals surface area contributed by atoms with E-state index in [1.807, 2.05) is 11.3 Å². The maximum Gasteiger partial charge on any atom is 0.113 e. The van der Waals surface area contributed by atoms with Crippen LogP contribution in [-0.2, 0) is 6.54 Å². The molecule has 6 heteroatoms. The molecule has 0 radical (unpaired) electrons. The number of aryl methyl sites for hydroxylation is 1. The van der Waals surface area contributed by atoms with E-state index < -0.39 is 0 Å². The predicted octanol–water partition coefficient (Wildman–Crippen LogP) is 3.52. The summed E-state index contributed by atoms with van der Waals surface area (Å²) >= 11 is 1.81. The third-order valence-corrected chi connectivity index (χ3v) is 6.97. The van der Waals surface area contributed by atoms with Gasteiger partial charge in [0.2, 0.25) is 0 Å². The van der Waals surface area contributed by atoms with E-state index in [4.69, 9.17) is 9.97 Å². The lowest BCUT2D eigenvalue weighted by molar-refractivity contribution is 0.232. The van der Waals surface area contributed by atoms with Crippen LogP contribution in [0.1, 0.15) is 43.1 Å². The Morgan fingerprint density at radius 2 is 1.96 bits per heavy atom. The predicted molar refractivity (Wildman–Crippen MR) is 108 cm³/mol. The Hall–Kier alpha value is -1.50. The first-order valence-electron chi connectivity index (χ1n) is 9.98. The second-order valence-electron chi connectivity index (χ2n) is 7.72. The molecule has 1 saturated carbocycles. The Balaban J connectivity index is 1.60. The Morgan fingerprint density at radius 3 is 2.77 bits per heavy atom. The van der Waals surface area contributed by atoms with E-state index in [1.54, 1.807) is 0 Å². The van der Waals surface area contributed by atoms with E-state index >= 15 is 0 Å². The van der Waals surface area contributed by atoms with Crippen LogP contribution in [0.25, 0.3) is 21.3 Å². The van der Waals surface area contributed by atoms with Crippen LogP contribution in [0.3, 0.4) is 0 Å². The summed E-state index contributed by atoms with van der Waals surface area (Å²) in [4.78, 5) is 12.6. The fraction of sp³-hybridized carbons (Fsp3) is 0.600. The van der Waals surface area contributed by atoms with Crippen molar-refractivity contribution in [3.8, 4) is 0 Å². The van der Waals surface area contributed by atoms with Crippen LogP contribution in [0.15, 0.2) is 11.4 Å². The standard InChI is InChI=1S/C20H27N5S/c1-14-17-18(19-16(22-14)6-13-26-19)25(12-11-24-9-7-21-8-10-24)20(23-17)15-4-2-3-5-15/h6,13,15,21H,2-5,7-12H2,1H3. The van der Waals surface area contributed by atoms with E-state index in [9.17, 15) is 0 Å². The average Bonchev–Trinajstić information content (AvgIpc) is 3.39.